The van der Waals surface area contributed by atoms with E-state index < -0.39 is 17.8 Å². The van der Waals surface area contributed by atoms with Gasteiger partial charge in [-0.2, -0.15) is 18.0 Å². The summed E-state index contributed by atoms with van der Waals surface area (Å²) in [4.78, 5) is 12.0. The van der Waals surface area contributed by atoms with E-state index in [1.165, 1.54) is 16.9 Å². The van der Waals surface area contributed by atoms with Crippen molar-refractivity contribution in [3.05, 3.63) is 65.2 Å². The van der Waals surface area contributed by atoms with E-state index in [0.29, 0.717) is 18.8 Å². The van der Waals surface area contributed by atoms with Gasteiger partial charge in [0.2, 0.25) is 5.82 Å². The molecule has 0 saturated heterocycles. The number of urea groups is 1. The van der Waals surface area contributed by atoms with Crippen molar-refractivity contribution in [2.24, 2.45) is 5.73 Å². The van der Waals surface area contributed by atoms with Crippen LogP contribution in [0.2, 0.25) is 0 Å². The largest absolute Gasteiger partial charge is 0.416 e. The maximum Gasteiger partial charge on any atom is 0.416 e. The molecule has 7 nitrogen and oxygen atoms in total. The van der Waals surface area contributed by atoms with Crippen LogP contribution < -0.4 is 11.1 Å². The minimum absolute atomic E-state index is 0.262. The minimum Gasteiger partial charge on any atom is -0.352 e. The van der Waals surface area contributed by atoms with Crippen molar-refractivity contribution < 1.29 is 18.0 Å². The number of alkyl halides is 3. The molecule has 2 aromatic carbocycles. The number of nitrogens with two attached hydrogens (primary N) is 1. The summed E-state index contributed by atoms with van der Waals surface area (Å²) in [5.74, 6) is 0.390. The molecule has 1 heterocycles. The molecule has 3 aromatic rings. The van der Waals surface area contributed by atoms with Gasteiger partial charge in [-0.25, -0.2) is 4.79 Å². The summed E-state index contributed by atoms with van der Waals surface area (Å²) in [6.07, 6.45) is -3.94. The van der Waals surface area contributed by atoms with E-state index in [0.717, 1.165) is 28.8 Å². The average molecular weight is 390 g/mol. The molecule has 0 atom stereocenters. The number of nitrogens with zero attached hydrogens (tertiary/aromatic N) is 4. The average Bonchev–Trinajstić information content (AvgIpc) is 3.10. The molecule has 0 aliphatic carbocycles. The summed E-state index contributed by atoms with van der Waals surface area (Å²) in [5.41, 5.74) is 6.65. The molecule has 0 aliphatic rings. The summed E-state index contributed by atoms with van der Waals surface area (Å²) in [7, 11) is 0. The number of carbonyl (C=O) groups is 1. The van der Waals surface area contributed by atoms with Crippen LogP contribution in [0.1, 0.15) is 16.7 Å². The molecule has 3 rings (SSSR count). The Morgan fingerprint density at radius 3 is 2.50 bits per heavy atom. The van der Waals surface area contributed by atoms with Crippen molar-refractivity contribution in [1.29, 1.82) is 0 Å². The van der Waals surface area contributed by atoms with Crippen LogP contribution in [0.15, 0.2) is 48.5 Å². The third-order valence-electron chi connectivity index (χ3n) is 4.00. The smallest absolute Gasteiger partial charge is 0.352 e. The van der Waals surface area contributed by atoms with E-state index in [1.807, 2.05) is 24.3 Å². The zero-order chi connectivity index (χ0) is 20.1. The maximum absolute atomic E-state index is 12.7. The van der Waals surface area contributed by atoms with Gasteiger partial charge in [-0.15, -0.1) is 10.2 Å². The quantitative estimate of drug-likeness (QED) is 0.676. The number of benzene rings is 2. The number of tetrazole rings is 1. The van der Waals surface area contributed by atoms with Crippen LogP contribution in [-0.4, -0.2) is 32.8 Å². The topological polar surface area (TPSA) is 98.7 Å². The van der Waals surface area contributed by atoms with Crippen molar-refractivity contribution in [3.8, 4) is 11.4 Å². The number of rotatable bonds is 6. The zero-order valence-electron chi connectivity index (χ0n) is 14.6. The Morgan fingerprint density at radius 1 is 1.11 bits per heavy atom. The van der Waals surface area contributed by atoms with Crippen LogP contribution in [-0.2, 0) is 19.1 Å². The lowest BCUT2D eigenvalue weighted by Crippen LogP contribution is -2.32. The number of hydrogen-bond donors (Lipinski definition) is 2. The van der Waals surface area contributed by atoms with Crippen LogP contribution >= 0.6 is 0 Å². The van der Waals surface area contributed by atoms with Crippen LogP contribution in [0.4, 0.5) is 18.0 Å². The van der Waals surface area contributed by atoms with Crippen molar-refractivity contribution in [3.63, 3.8) is 0 Å². The molecule has 0 radical (unpaired) electrons. The summed E-state index contributed by atoms with van der Waals surface area (Å²) in [5, 5.41) is 14.7. The van der Waals surface area contributed by atoms with E-state index in [4.69, 9.17) is 5.73 Å². The lowest BCUT2D eigenvalue weighted by molar-refractivity contribution is -0.137. The zero-order valence-corrected chi connectivity index (χ0v) is 14.6. The van der Waals surface area contributed by atoms with Gasteiger partial charge in [-0.1, -0.05) is 36.4 Å². The number of aromatic nitrogens is 4. The van der Waals surface area contributed by atoms with E-state index in [2.05, 4.69) is 20.7 Å². The first-order valence-electron chi connectivity index (χ1n) is 8.38. The normalized spacial score (nSPS) is 11.4. The van der Waals surface area contributed by atoms with Crippen molar-refractivity contribution in [2.45, 2.75) is 19.1 Å². The summed E-state index contributed by atoms with van der Waals surface area (Å²) >= 11 is 0. The second-order valence-electron chi connectivity index (χ2n) is 6.03. The number of halogens is 3. The van der Waals surface area contributed by atoms with Gasteiger partial charge in [0.05, 0.1) is 12.1 Å². The maximum atomic E-state index is 12.7. The van der Waals surface area contributed by atoms with Gasteiger partial charge in [-0.3, -0.25) is 0 Å². The number of carbonyl (C=O) groups excluding carboxylic acids is 1. The van der Waals surface area contributed by atoms with Gasteiger partial charge in [0.1, 0.15) is 0 Å². The number of hydrogen-bond acceptors (Lipinski definition) is 4. The van der Waals surface area contributed by atoms with Gasteiger partial charge < -0.3 is 11.1 Å². The van der Waals surface area contributed by atoms with Crippen molar-refractivity contribution in [1.82, 2.24) is 25.5 Å². The number of primary amides is 1. The highest BCUT2D eigenvalue weighted by molar-refractivity contribution is 5.71. The molecular weight excluding hydrogens is 373 g/mol. The van der Waals surface area contributed by atoms with E-state index >= 15 is 0 Å². The minimum atomic E-state index is -4.36. The Balaban J connectivity index is 1.76. The fourth-order valence-corrected chi connectivity index (χ4v) is 2.65. The number of amides is 2. The second kappa shape index (κ2) is 8.07. The Hall–Kier alpha value is -3.43. The molecule has 0 aliphatic heterocycles. The Morgan fingerprint density at radius 2 is 1.82 bits per heavy atom. The Bertz CT molecular complexity index is 952. The molecule has 1 aromatic heterocycles. The highest BCUT2D eigenvalue weighted by Gasteiger charge is 2.29. The highest BCUT2D eigenvalue weighted by Crippen LogP contribution is 2.30. The molecule has 3 N–H and O–H groups in total. The predicted octanol–water partition coefficient (Wildman–Crippen LogP) is 2.62. The second-order valence-corrected chi connectivity index (χ2v) is 6.03. The first-order valence-corrected chi connectivity index (χ1v) is 8.38. The molecule has 0 spiro atoms. The fraction of sp³-hybridized carbons (Fsp3) is 0.222. The molecule has 28 heavy (non-hydrogen) atoms. The van der Waals surface area contributed by atoms with Crippen molar-refractivity contribution >= 4 is 6.03 Å². The standard InChI is InChI=1S/C18H17F3N6O/c19-18(20,21)14-7-5-12(6-8-14)11-13-3-1-2-4-15(13)16-24-26-27(25-16)10-9-23-17(22)28/h1-8H,9-11H2,(H3,22,23,28). The van der Waals surface area contributed by atoms with Crippen LogP contribution in [0, 0.1) is 0 Å². The Kier molecular flexibility index (Phi) is 5.57. The SMILES string of the molecule is NC(=O)NCCn1nnc(-c2ccccc2Cc2ccc(C(F)(F)F)cc2)n1. The fourth-order valence-electron chi connectivity index (χ4n) is 2.65. The molecule has 0 fully saturated rings. The van der Waals surface area contributed by atoms with Gasteiger partial charge in [0, 0.05) is 12.1 Å². The molecule has 10 heteroatoms. The monoisotopic (exact) mass is 390 g/mol. The van der Waals surface area contributed by atoms with Gasteiger partial charge in [-0.05, 0) is 34.9 Å². The Labute approximate surface area is 158 Å². The summed E-state index contributed by atoms with van der Waals surface area (Å²) in [6.45, 7) is 0.565. The van der Waals surface area contributed by atoms with E-state index in [1.54, 1.807) is 0 Å². The van der Waals surface area contributed by atoms with Gasteiger partial charge >= 0.3 is 12.2 Å². The van der Waals surface area contributed by atoms with Gasteiger partial charge in [0.15, 0.2) is 0 Å². The molecule has 2 amide bonds. The van der Waals surface area contributed by atoms with Crippen molar-refractivity contribution in [2.75, 3.05) is 6.54 Å². The highest BCUT2D eigenvalue weighted by atomic mass is 19.4. The molecule has 0 saturated carbocycles. The van der Waals surface area contributed by atoms with E-state index in [-0.39, 0.29) is 6.54 Å². The predicted molar refractivity (Wildman–Crippen MR) is 95.1 cm³/mol. The first-order chi connectivity index (χ1) is 13.3. The van der Waals surface area contributed by atoms with Crippen LogP contribution in [0.25, 0.3) is 11.4 Å². The third-order valence-corrected chi connectivity index (χ3v) is 4.00. The lowest BCUT2D eigenvalue weighted by Gasteiger charge is -2.09. The summed E-state index contributed by atoms with van der Waals surface area (Å²) in [6, 6.07) is 11.8. The lowest BCUT2D eigenvalue weighted by atomic mass is 9.98. The molecule has 0 bridgehead atoms. The molecule has 146 valence electrons. The summed E-state index contributed by atoms with van der Waals surface area (Å²) < 4.78 is 38.1. The third kappa shape index (κ3) is 4.84. The van der Waals surface area contributed by atoms with Crippen LogP contribution in [0.5, 0.6) is 0 Å². The van der Waals surface area contributed by atoms with Crippen LogP contribution in [0.3, 0.4) is 0 Å². The first kappa shape index (κ1) is 19.3. The van der Waals surface area contributed by atoms with Gasteiger partial charge in [0.25, 0.3) is 0 Å². The molecular formula is C18H17F3N6O. The van der Waals surface area contributed by atoms with E-state index in [9.17, 15) is 18.0 Å². The molecule has 0 unspecified atom stereocenters. The number of nitrogens with one attached hydrogen (secondary N) is 1.